The normalized spacial score (nSPS) is 21.8. The van der Waals surface area contributed by atoms with E-state index in [0.717, 1.165) is 18.5 Å². The molecule has 1 aliphatic heterocycles. The van der Waals surface area contributed by atoms with Gasteiger partial charge >= 0.3 is 0 Å². The highest BCUT2D eigenvalue weighted by Gasteiger charge is 2.52. The van der Waals surface area contributed by atoms with Crippen LogP contribution >= 0.6 is 0 Å². The molecule has 1 heterocycles. The van der Waals surface area contributed by atoms with Crippen LogP contribution < -0.4 is 4.90 Å². The smallest absolute Gasteiger partial charge is 0.240 e. The number of likely N-dealkylation sites (N-methyl/N-ethyl adjacent to an activating group) is 1. The first-order chi connectivity index (χ1) is 9.08. The molecule has 0 atom stereocenters. The van der Waals surface area contributed by atoms with Crippen LogP contribution in [0.1, 0.15) is 12.8 Å². The van der Waals surface area contributed by atoms with Crippen LogP contribution in [-0.2, 0) is 4.79 Å². The Labute approximate surface area is 113 Å². The summed E-state index contributed by atoms with van der Waals surface area (Å²) in [6.45, 7) is 1.68. The van der Waals surface area contributed by atoms with Crippen LogP contribution in [0, 0.1) is 5.92 Å². The summed E-state index contributed by atoms with van der Waals surface area (Å²) in [7, 11) is 1.80. The van der Waals surface area contributed by atoms with Crippen molar-refractivity contribution in [2.45, 2.75) is 18.4 Å². The summed E-state index contributed by atoms with van der Waals surface area (Å²) in [5.41, 5.74) is 0.400. The summed E-state index contributed by atoms with van der Waals surface area (Å²) >= 11 is 0. The second-order valence-corrected chi connectivity index (χ2v) is 5.81. The van der Waals surface area contributed by atoms with Crippen molar-refractivity contribution >= 4 is 11.6 Å². The molecule has 2 aliphatic rings. The first-order valence-electron chi connectivity index (χ1n) is 6.85. The van der Waals surface area contributed by atoms with E-state index in [1.54, 1.807) is 11.9 Å². The number of anilines is 1. The minimum absolute atomic E-state index is 0.0732. The lowest BCUT2D eigenvalue weighted by Crippen LogP contribution is -2.64. The Hall–Kier alpha value is -1.39. The molecule has 1 aromatic carbocycles. The molecule has 2 fully saturated rings. The van der Waals surface area contributed by atoms with Gasteiger partial charge in [-0.25, -0.2) is 0 Å². The lowest BCUT2D eigenvalue weighted by Gasteiger charge is -2.47. The molecule has 1 aromatic rings. The van der Waals surface area contributed by atoms with E-state index in [9.17, 15) is 9.90 Å². The van der Waals surface area contributed by atoms with Gasteiger partial charge in [0.05, 0.1) is 12.1 Å². The standard InChI is InChI=1S/C15H20N2O2/c1-16(13-5-3-2-4-6-13)14(18)9-17-10-15(19,11-17)12-7-8-12/h2-6,12,19H,7-11H2,1H3. The maximum absolute atomic E-state index is 12.1. The number of likely N-dealkylation sites (tertiary alicyclic amines) is 1. The van der Waals surface area contributed by atoms with Crippen molar-refractivity contribution in [3.05, 3.63) is 30.3 Å². The van der Waals surface area contributed by atoms with E-state index in [4.69, 9.17) is 0 Å². The summed E-state index contributed by atoms with van der Waals surface area (Å²) in [5.74, 6) is 0.551. The van der Waals surface area contributed by atoms with Crippen molar-refractivity contribution < 1.29 is 9.90 Å². The topological polar surface area (TPSA) is 43.8 Å². The average Bonchev–Trinajstić information content (AvgIpc) is 3.21. The molecule has 1 amide bonds. The van der Waals surface area contributed by atoms with E-state index in [0.29, 0.717) is 25.6 Å². The first-order valence-corrected chi connectivity index (χ1v) is 6.85. The molecule has 1 saturated carbocycles. The summed E-state index contributed by atoms with van der Waals surface area (Å²) in [6.07, 6.45) is 2.28. The summed E-state index contributed by atoms with van der Waals surface area (Å²) in [5, 5.41) is 10.2. The number of carbonyl (C=O) groups excluding carboxylic acids is 1. The van der Waals surface area contributed by atoms with Crippen LogP contribution in [0.15, 0.2) is 30.3 Å². The maximum atomic E-state index is 12.1. The van der Waals surface area contributed by atoms with Gasteiger partial charge in [0.2, 0.25) is 5.91 Å². The van der Waals surface area contributed by atoms with Crippen molar-refractivity contribution in [3.8, 4) is 0 Å². The quantitative estimate of drug-likeness (QED) is 0.882. The van der Waals surface area contributed by atoms with Crippen molar-refractivity contribution in [1.29, 1.82) is 0 Å². The van der Waals surface area contributed by atoms with E-state index in [1.165, 1.54) is 0 Å². The Balaban J connectivity index is 1.52. The Morgan fingerprint density at radius 1 is 1.37 bits per heavy atom. The van der Waals surface area contributed by atoms with Crippen molar-refractivity contribution in [1.82, 2.24) is 4.90 Å². The number of para-hydroxylation sites is 1. The Bertz CT molecular complexity index is 464. The Morgan fingerprint density at radius 2 is 2.00 bits per heavy atom. The van der Waals surface area contributed by atoms with Gasteiger partial charge < -0.3 is 10.0 Å². The largest absolute Gasteiger partial charge is 0.387 e. The number of nitrogens with zero attached hydrogens (tertiary/aromatic N) is 2. The van der Waals surface area contributed by atoms with Crippen LogP contribution in [0.3, 0.4) is 0 Å². The molecule has 3 rings (SSSR count). The molecule has 0 aromatic heterocycles. The van der Waals surface area contributed by atoms with Crippen LogP contribution in [0.2, 0.25) is 0 Å². The maximum Gasteiger partial charge on any atom is 0.240 e. The summed E-state index contributed by atoms with van der Waals surface area (Å²) in [4.78, 5) is 15.8. The van der Waals surface area contributed by atoms with Crippen molar-refractivity contribution in [2.75, 3.05) is 31.6 Å². The molecule has 1 N–H and O–H groups in total. The lowest BCUT2D eigenvalue weighted by molar-refractivity contribution is -0.134. The number of amides is 1. The zero-order valence-corrected chi connectivity index (χ0v) is 11.2. The monoisotopic (exact) mass is 260 g/mol. The third-order valence-corrected chi connectivity index (χ3v) is 4.21. The van der Waals surface area contributed by atoms with Gasteiger partial charge in [-0.15, -0.1) is 0 Å². The zero-order chi connectivity index (χ0) is 13.5. The lowest BCUT2D eigenvalue weighted by atomic mass is 9.89. The van der Waals surface area contributed by atoms with E-state index < -0.39 is 5.60 Å². The highest BCUT2D eigenvalue weighted by atomic mass is 16.3. The third-order valence-electron chi connectivity index (χ3n) is 4.21. The summed E-state index contributed by atoms with van der Waals surface area (Å²) in [6, 6.07) is 9.64. The molecule has 0 unspecified atom stereocenters. The van der Waals surface area contributed by atoms with E-state index >= 15 is 0 Å². The Morgan fingerprint density at radius 3 is 2.58 bits per heavy atom. The number of hydrogen-bond acceptors (Lipinski definition) is 3. The molecular weight excluding hydrogens is 240 g/mol. The molecule has 1 saturated heterocycles. The minimum Gasteiger partial charge on any atom is -0.387 e. The van der Waals surface area contributed by atoms with E-state index in [2.05, 4.69) is 0 Å². The van der Waals surface area contributed by atoms with Crippen LogP contribution in [0.4, 0.5) is 5.69 Å². The summed E-state index contributed by atoms with van der Waals surface area (Å²) < 4.78 is 0. The second-order valence-electron chi connectivity index (χ2n) is 5.81. The fourth-order valence-electron chi connectivity index (χ4n) is 2.81. The second kappa shape index (κ2) is 4.62. The number of carbonyl (C=O) groups is 1. The zero-order valence-electron chi connectivity index (χ0n) is 11.2. The fraction of sp³-hybridized carbons (Fsp3) is 0.533. The van der Waals surface area contributed by atoms with Gasteiger partial charge in [0.15, 0.2) is 0 Å². The molecule has 0 spiro atoms. The van der Waals surface area contributed by atoms with Crippen LogP contribution in [0.5, 0.6) is 0 Å². The van der Waals surface area contributed by atoms with Crippen LogP contribution in [-0.4, -0.2) is 48.2 Å². The van der Waals surface area contributed by atoms with Gasteiger partial charge in [-0.2, -0.15) is 0 Å². The fourth-order valence-corrected chi connectivity index (χ4v) is 2.81. The molecule has 0 bridgehead atoms. The molecule has 4 nitrogen and oxygen atoms in total. The van der Waals surface area contributed by atoms with Crippen molar-refractivity contribution in [3.63, 3.8) is 0 Å². The van der Waals surface area contributed by atoms with E-state index in [1.807, 2.05) is 35.2 Å². The van der Waals surface area contributed by atoms with Gasteiger partial charge in [0, 0.05) is 25.8 Å². The molecule has 1 aliphatic carbocycles. The molecule has 19 heavy (non-hydrogen) atoms. The highest BCUT2D eigenvalue weighted by Crippen LogP contribution is 2.44. The number of benzene rings is 1. The van der Waals surface area contributed by atoms with Gasteiger partial charge in [-0.05, 0) is 30.9 Å². The van der Waals surface area contributed by atoms with Gasteiger partial charge in [-0.3, -0.25) is 9.69 Å². The molecule has 4 heteroatoms. The van der Waals surface area contributed by atoms with Gasteiger partial charge in [0.1, 0.15) is 0 Å². The number of rotatable bonds is 4. The average molecular weight is 260 g/mol. The third kappa shape index (κ3) is 2.51. The predicted molar refractivity (Wildman–Crippen MR) is 74.0 cm³/mol. The van der Waals surface area contributed by atoms with Gasteiger partial charge in [-0.1, -0.05) is 18.2 Å². The molecule has 102 valence electrons. The van der Waals surface area contributed by atoms with Crippen LogP contribution in [0.25, 0.3) is 0 Å². The number of aliphatic hydroxyl groups is 1. The highest BCUT2D eigenvalue weighted by molar-refractivity contribution is 5.94. The molecular formula is C15H20N2O2. The first kappa shape index (κ1) is 12.6. The minimum atomic E-state index is -0.508. The van der Waals surface area contributed by atoms with Gasteiger partial charge in [0.25, 0.3) is 0 Å². The molecule has 0 radical (unpaired) electrons. The Kier molecular flexibility index (Phi) is 3.07. The van der Waals surface area contributed by atoms with E-state index in [-0.39, 0.29) is 5.91 Å². The SMILES string of the molecule is CN(C(=O)CN1CC(O)(C2CC2)C1)c1ccccc1. The number of hydrogen-bond donors (Lipinski definition) is 1. The van der Waals surface area contributed by atoms with Crippen molar-refractivity contribution in [2.24, 2.45) is 5.92 Å². The predicted octanol–water partition coefficient (Wildman–Crippen LogP) is 1.11. The number of β-amino-alcohol motifs (C(OH)–C–C–N with tert-alkyl or cyclic N) is 1.